The lowest BCUT2D eigenvalue weighted by atomic mass is 10.1. The van der Waals surface area contributed by atoms with Gasteiger partial charge < -0.3 is 8.23 Å². The monoisotopic (exact) mass is 460 g/mol. The molecule has 0 aliphatic carbocycles. The van der Waals surface area contributed by atoms with Gasteiger partial charge in [-0.2, -0.15) is 0 Å². The lowest BCUT2D eigenvalue weighted by Gasteiger charge is -2.42. The van der Waals surface area contributed by atoms with Crippen LogP contribution in [0.4, 0.5) is 0 Å². The Morgan fingerprint density at radius 3 is 1.07 bits per heavy atom. The van der Waals surface area contributed by atoms with E-state index in [2.05, 4.69) is 53.9 Å². The van der Waals surface area contributed by atoms with Gasteiger partial charge in [0.05, 0.1) is 0 Å². The van der Waals surface area contributed by atoms with Crippen LogP contribution in [0.2, 0.25) is 50.4 Å². The summed E-state index contributed by atoms with van der Waals surface area (Å²) in [7, 11) is -5.34. The number of hydrogen-bond donors (Lipinski definition) is 0. The van der Waals surface area contributed by atoms with Crippen LogP contribution in [0.25, 0.3) is 0 Å². The topological polar surface area (TPSA) is 18.5 Å². The quantitative estimate of drug-likeness (QED) is 0.133. The van der Waals surface area contributed by atoms with E-state index in [1.54, 1.807) is 0 Å². The van der Waals surface area contributed by atoms with Crippen LogP contribution in [0.3, 0.4) is 0 Å². The van der Waals surface area contributed by atoms with E-state index < -0.39 is 25.2 Å². The van der Waals surface area contributed by atoms with Gasteiger partial charge in [0.2, 0.25) is 0 Å². The van der Waals surface area contributed by atoms with Gasteiger partial charge in [-0.1, -0.05) is 105 Å². The third kappa shape index (κ3) is 15.1. The maximum atomic E-state index is 7.04. The van der Waals surface area contributed by atoms with Crippen molar-refractivity contribution >= 4 is 25.2 Å². The van der Waals surface area contributed by atoms with Crippen LogP contribution in [0.1, 0.15) is 105 Å². The van der Waals surface area contributed by atoms with Crippen molar-refractivity contribution in [2.24, 2.45) is 0 Å². The smallest absolute Gasteiger partial charge is 0.317 e. The fraction of sp³-hybridized carbons (Fsp3) is 1.00. The number of rotatable bonds is 20. The maximum Gasteiger partial charge on any atom is 0.317 e. The molecule has 0 fully saturated rings. The molecule has 0 aromatic heterocycles. The summed E-state index contributed by atoms with van der Waals surface area (Å²) in [6.07, 6.45) is 16.5. The standard InChI is InChI=1S/C24H56O2Si3/c1-9-13-15-17-19-21-23-27(5,6)25-29(11-3,12-4)26-28(7,8)24-22-20-18-16-14-10-2/h9-24H2,1-8H3. The Morgan fingerprint density at radius 1 is 0.448 bits per heavy atom. The highest BCUT2D eigenvalue weighted by molar-refractivity contribution is 6.88. The zero-order valence-electron chi connectivity index (χ0n) is 21.6. The van der Waals surface area contributed by atoms with E-state index in [-0.39, 0.29) is 0 Å². The van der Waals surface area contributed by atoms with Gasteiger partial charge in [-0.3, -0.25) is 0 Å². The summed E-state index contributed by atoms with van der Waals surface area (Å²) in [6.45, 7) is 19.0. The second kappa shape index (κ2) is 16.2. The zero-order valence-corrected chi connectivity index (χ0v) is 24.6. The van der Waals surface area contributed by atoms with Gasteiger partial charge >= 0.3 is 8.56 Å². The molecule has 0 amide bonds. The zero-order chi connectivity index (χ0) is 22.2. The molecule has 0 saturated carbocycles. The second-order valence-corrected chi connectivity index (χ2v) is 23.3. The van der Waals surface area contributed by atoms with E-state index in [1.165, 1.54) is 89.1 Å². The molecule has 5 heteroatoms. The summed E-state index contributed by atoms with van der Waals surface area (Å²) in [5.41, 5.74) is 0. The minimum Gasteiger partial charge on any atom is -0.436 e. The van der Waals surface area contributed by atoms with Crippen LogP contribution >= 0.6 is 0 Å². The summed E-state index contributed by atoms with van der Waals surface area (Å²) in [5, 5.41) is 0. The predicted octanol–water partition coefficient (Wildman–Crippen LogP) is 9.63. The van der Waals surface area contributed by atoms with E-state index in [4.69, 9.17) is 8.23 Å². The van der Waals surface area contributed by atoms with Crippen molar-refractivity contribution in [3.05, 3.63) is 0 Å². The van der Waals surface area contributed by atoms with E-state index in [9.17, 15) is 0 Å². The van der Waals surface area contributed by atoms with Crippen LogP contribution in [-0.2, 0) is 8.23 Å². The van der Waals surface area contributed by atoms with Gasteiger partial charge in [0.15, 0.2) is 16.6 Å². The van der Waals surface area contributed by atoms with Crippen LogP contribution < -0.4 is 0 Å². The first kappa shape index (κ1) is 29.6. The molecule has 0 aliphatic heterocycles. The van der Waals surface area contributed by atoms with Crippen molar-refractivity contribution in [2.45, 2.75) is 155 Å². The maximum absolute atomic E-state index is 7.04. The van der Waals surface area contributed by atoms with E-state index in [0.29, 0.717) is 0 Å². The van der Waals surface area contributed by atoms with E-state index in [1.807, 2.05) is 0 Å². The highest BCUT2D eigenvalue weighted by Crippen LogP contribution is 2.32. The van der Waals surface area contributed by atoms with Gasteiger partial charge in [-0.05, 0) is 50.4 Å². The van der Waals surface area contributed by atoms with Gasteiger partial charge in [0.25, 0.3) is 0 Å². The largest absolute Gasteiger partial charge is 0.436 e. The molecule has 2 nitrogen and oxygen atoms in total. The molecule has 0 spiro atoms. The van der Waals surface area contributed by atoms with Gasteiger partial charge in [0, 0.05) is 0 Å². The first-order valence-electron chi connectivity index (χ1n) is 13.1. The Labute approximate surface area is 188 Å². The van der Waals surface area contributed by atoms with Crippen LogP contribution in [0.15, 0.2) is 0 Å². The number of unbranched alkanes of at least 4 members (excludes halogenated alkanes) is 10. The van der Waals surface area contributed by atoms with Crippen LogP contribution in [-0.4, -0.2) is 25.2 Å². The highest BCUT2D eigenvalue weighted by atomic mass is 28.5. The first-order chi connectivity index (χ1) is 13.7. The molecule has 176 valence electrons. The summed E-state index contributed by atoms with van der Waals surface area (Å²) in [6, 6.07) is 4.83. The van der Waals surface area contributed by atoms with Crippen molar-refractivity contribution in [3.8, 4) is 0 Å². The Bertz CT molecular complexity index is 350. The molecule has 0 atom stereocenters. The van der Waals surface area contributed by atoms with Gasteiger partial charge in [0.1, 0.15) is 0 Å². The lowest BCUT2D eigenvalue weighted by molar-refractivity contribution is 0.368. The van der Waals surface area contributed by atoms with E-state index >= 15 is 0 Å². The molecular weight excluding hydrogens is 405 g/mol. The Balaban J connectivity index is 4.56. The summed E-state index contributed by atoms with van der Waals surface area (Å²) >= 11 is 0. The predicted molar refractivity (Wildman–Crippen MR) is 140 cm³/mol. The Morgan fingerprint density at radius 2 is 0.759 bits per heavy atom. The highest BCUT2D eigenvalue weighted by Gasteiger charge is 2.43. The fourth-order valence-corrected chi connectivity index (χ4v) is 18.8. The van der Waals surface area contributed by atoms with Gasteiger partial charge in [-0.15, -0.1) is 0 Å². The summed E-state index contributed by atoms with van der Waals surface area (Å²) in [4.78, 5) is 0. The third-order valence-electron chi connectivity index (χ3n) is 6.27. The molecule has 0 saturated heterocycles. The summed E-state index contributed by atoms with van der Waals surface area (Å²) in [5.74, 6) is 0. The molecule has 0 rings (SSSR count). The molecule has 0 aliphatic rings. The molecule has 0 bridgehead atoms. The molecular formula is C24H56O2Si3. The van der Waals surface area contributed by atoms with Crippen molar-refractivity contribution < 1.29 is 8.23 Å². The van der Waals surface area contributed by atoms with Crippen molar-refractivity contribution in [1.82, 2.24) is 0 Å². The Kier molecular flexibility index (Phi) is 16.6. The van der Waals surface area contributed by atoms with Crippen molar-refractivity contribution in [1.29, 1.82) is 0 Å². The minimum absolute atomic E-state index is 1.11. The molecule has 0 heterocycles. The average Bonchev–Trinajstić information content (AvgIpc) is 2.66. The molecule has 0 N–H and O–H groups in total. The SMILES string of the molecule is CCCCCCCC[Si](C)(C)O[Si](CC)(CC)O[Si](C)(C)CCCCCCCC. The van der Waals surface area contributed by atoms with Crippen LogP contribution in [0.5, 0.6) is 0 Å². The lowest BCUT2D eigenvalue weighted by Crippen LogP contribution is -2.55. The minimum atomic E-state index is -2.05. The number of hydrogen-bond acceptors (Lipinski definition) is 2. The fourth-order valence-electron chi connectivity index (χ4n) is 4.33. The van der Waals surface area contributed by atoms with Crippen molar-refractivity contribution in [2.75, 3.05) is 0 Å². The van der Waals surface area contributed by atoms with Gasteiger partial charge in [-0.25, -0.2) is 0 Å². The third-order valence-corrected chi connectivity index (χ3v) is 18.9. The van der Waals surface area contributed by atoms with Crippen molar-refractivity contribution in [3.63, 3.8) is 0 Å². The molecule has 29 heavy (non-hydrogen) atoms. The normalized spacial score (nSPS) is 13.2. The van der Waals surface area contributed by atoms with E-state index in [0.717, 1.165) is 12.1 Å². The van der Waals surface area contributed by atoms with Crippen LogP contribution in [0, 0.1) is 0 Å². The molecule has 0 radical (unpaired) electrons. The molecule has 0 unspecified atom stereocenters. The molecule has 0 aromatic carbocycles. The summed E-state index contributed by atoms with van der Waals surface area (Å²) < 4.78 is 14.1. The average molecular weight is 461 g/mol. The molecule has 0 aromatic rings. The Hall–Kier alpha value is 0.571. The first-order valence-corrected chi connectivity index (χ1v) is 21.5. The second-order valence-electron chi connectivity index (χ2n) is 10.4.